The lowest BCUT2D eigenvalue weighted by Crippen LogP contribution is -2.40. The van der Waals surface area contributed by atoms with Gasteiger partial charge in [-0.3, -0.25) is 24.0 Å². The van der Waals surface area contributed by atoms with Crippen LogP contribution in [0.2, 0.25) is 0 Å². The molecule has 77 heavy (non-hydrogen) atoms. The lowest BCUT2D eigenvalue weighted by molar-refractivity contribution is -0.122. The highest BCUT2D eigenvalue weighted by Crippen LogP contribution is 2.40. The van der Waals surface area contributed by atoms with Crippen LogP contribution < -0.4 is 32.3 Å². The maximum atomic E-state index is 14.2. The molecule has 0 fully saturated rings. The summed E-state index contributed by atoms with van der Waals surface area (Å²) in [6.07, 6.45) is -1.43. The van der Waals surface area contributed by atoms with Crippen molar-refractivity contribution in [3.63, 3.8) is 0 Å². The first kappa shape index (κ1) is 57.9. The van der Waals surface area contributed by atoms with E-state index >= 15 is 0 Å². The number of nitrogens with one attached hydrogen (secondary N) is 5. The van der Waals surface area contributed by atoms with Gasteiger partial charge in [-0.15, -0.1) is 68.0 Å². The Bertz CT molecular complexity index is 3350. The van der Waals surface area contributed by atoms with Crippen LogP contribution in [0.25, 0.3) is 43.4 Å². The number of ether oxygens (including phenoxy) is 1. The van der Waals surface area contributed by atoms with Crippen molar-refractivity contribution in [3.8, 4) is 43.4 Å². The number of thiazole rings is 6. The number of hydrogen-bond acceptors (Lipinski definition) is 21. The van der Waals surface area contributed by atoms with Crippen LogP contribution in [0.3, 0.4) is 0 Å². The average molecular weight is 1160 g/mol. The van der Waals surface area contributed by atoms with Crippen LogP contribution in [0.4, 0.5) is 5.82 Å². The lowest BCUT2D eigenvalue weighted by Gasteiger charge is -2.23. The van der Waals surface area contributed by atoms with Gasteiger partial charge < -0.3 is 42.2 Å². The minimum atomic E-state index is -1.24. The Morgan fingerprint density at radius 1 is 0.701 bits per heavy atom. The quantitative estimate of drug-likeness (QED) is 0.0747. The predicted octanol–water partition coefficient (Wildman–Crippen LogP) is 8.95. The number of pyridine rings is 1. The number of fused-ring (bicyclic) bond motifs is 14. The molecule has 7 aromatic heterocycles. The van der Waals surface area contributed by atoms with E-state index in [1.807, 2.05) is 59.1 Å². The standard InChI is InChI=1S/C47H45N13O7S6.2C2H6/c1-20(2)33-47-60-36(29(73-47)15-67-5)40(65)50-14-32(62)57-37(38(63)22-9-7-6-8-10-22)46-55-28(18-70-46)44-53-26(16-69-44)35-23(11-12-24(51-35)43-56-30(48)19-71-43)42-54-27(17-68-42)39(64)52-25(13-31(61)49-4)45-59-34(21(3)72-45)41(66)58-33;2*1-2/h6-12,16-20,25,33,37-38,63H,13-15,48H2,1-5H3,(H,49,61)(H,50,65)(H,52,64)(H,57,62)(H,58,66);2*1-2H3. The lowest BCUT2D eigenvalue weighted by atomic mass is 10.0. The largest absolute Gasteiger partial charge is 0.386 e. The monoisotopic (exact) mass is 1160 g/mol. The first-order chi connectivity index (χ1) is 37.2. The van der Waals surface area contributed by atoms with Crippen LogP contribution in [-0.4, -0.2) is 90.2 Å². The summed E-state index contributed by atoms with van der Waals surface area (Å²) in [5.74, 6) is -2.64. The normalized spacial score (nSPS) is 16.3. The molecule has 1 aliphatic rings. The first-order valence-electron chi connectivity index (χ1n) is 24.4. The molecule has 8 N–H and O–H groups in total. The van der Waals surface area contributed by atoms with Crippen LogP contribution in [-0.2, 0) is 20.9 Å². The maximum Gasteiger partial charge on any atom is 0.271 e. The van der Waals surface area contributed by atoms with Gasteiger partial charge in [-0.25, -0.2) is 34.9 Å². The van der Waals surface area contributed by atoms with E-state index in [0.29, 0.717) is 79.5 Å². The van der Waals surface area contributed by atoms with Crippen molar-refractivity contribution in [1.82, 2.24) is 61.5 Å². The molecule has 10 bridgehead atoms. The highest BCUT2D eigenvalue weighted by atomic mass is 32.1. The zero-order chi connectivity index (χ0) is 55.5. The van der Waals surface area contributed by atoms with E-state index in [4.69, 9.17) is 30.4 Å². The van der Waals surface area contributed by atoms with Gasteiger partial charge in [-0.1, -0.05) is 71.9 Å². The third-order valence-corrected chi connectivity index (χ3v) is 17.0. The van der Waals surface area contributed by atoms with E-state index < -0.39 is 54.4 Å². The number of aryl methyl sites for hydroxylation is 1. The second kappa shape index (κ2) is 26.5. The van der Waals surface area contributed by atoms with Crippen LogP contribution in [0.15, 0.2) is 64.0 Å². The SMILES string of the molecule is CC.CC.CNC(=O)CC1NC(=O)c2csc(n2)-c2ccc(-c3nc(N)cs3)nc2-c2csc(n2)-c2csc(n2)C(C(O)c2ccccc2)NC(=O)CNC(=O)c2nc(sc2COC)C(C(C)C)NC(=O)c2nc1sc2C. The van der Waals surface area contributed by atoms with E-state index in [1.165, 1.54) is 70.8 Å². The second-order valence-corrected chi connectivity index (χ2v) is 22.5. The molecule has 4 unspecified atom stereocenters. The predicted molar refractivity (Wildman–Crippen MR) is 304 cm³/mol. The van der Waals surface area contributed by atoms with Crippen LogP contribution in [0.1, 0.15) is 134 Å². The van der Waals surface area contributed by atoms with Crippen molar-refractivity contribution in [2.75, 3.05) is 26.4 Å². The molecule has 0 radical (unpaired) electrons. The molecular formula is C51H57N13O7S6. The van der Waals surface area contributed by atoms with E-state index in [0.717, 1.165) is 11.3 Å². The number of aliphatic hydroxyl groups is 1. The van der Waals surface area contributed by atoms with Gasteiger partial charge in [-0.2, -0.15) is 0 Å². The van der Waals surface area contributed by atoms with Gasteiger partial charge in [0.25, 0.3) is 17.7 Å². The number of methoxy groups -OCH3 is 1. The summed E-state index contributed by atoms with van der Waals surface area (Å²) in [5, 5.41) is 35.5. The molecule has 8 heterocycles. The number of amides is 5. The smallest absolute Gasteiger partial charge is 0.271 e. The van der Waals surface area contributed by atoms with Gasteiger partial charge in [0.15, 0.2) is 0 Å². The summed E-state index contributed by atoms with van der Waals surface area (Å²) in [5.41, 5.74) is 9.16. The molecule has 20 nitrogen and oxygen atoms in total. The van der Waals surface area contributed by atoms with Gasteiger partial charge in [0.05, 0.1) is 42.2 Å². The Hall–Kier alpha value is -6.78. The second-order valence-electron chi connectivity index (χ2n) is 16.7. The Balaban J connectivity index is 0.00000210. The number of nitrogen functional groups attached to an aromatic ring is 1. The Morgan fingerprint density at radius 2 is 1.38 bits per heavy atom. The molecule has 0 aliphatic carbocycles. The topological polar surface area (TPSA) is 291 Å². The Labute approximate surface area is 468 Å². The molecule has 4 atom stereocenters. The Morgan fingerprint density at radius 3 is 2.08 bits per heavy atom. The number of hydrogen-bond donors (Lipinski definition) is 7. The minimum absolute atomic E-state index is 0.0147. The molecular weight excluding hydrogens is 1100 g/mol. The van der Waals surface area contributed by atoms with Gasteiger partial charge >= 0.3 is 0 Å². The molecule has 5 amide bonds. The third-order valence-electron chi connectivity index (χ3n) is 11.3. The fourth-order valence-electron chi connectivity index (χ4n) is 7.60. The van der Waals surface area contributed by atoms with E-state index in [2.05, 4.69) is 41.5 Å². The zero-order valence-corrected chi connectivity index (χ0v) is 48.3. The third kappa shape index (κ3) is 13.5. The number of nitrogens with two attached hydrogens (primary N) is 1. The van der Waals surface area contributed by atoms with Crippen molar-refractivity contribution in [3.05, 3.63) is 111 Å². The molecule has 1 aromatic carbocycles. The number of aliphatic hydroxyl groups excluding tert-OH is 1. The van der Waals surface area contributed by atoms with E-state index in [-0.39, 0.29) is 41.9 Å². The first-order valence-corrected chi connectivity index (χ1v) is 29.5. The molecule has 0 saturated carbocycles. The molecule has 0 spiro atoms. The average Bonchev–Trinajstić information content (AvgIpc) is 4.33. The van der Waals surface area contributed by atoms with Crippen LogP contribution in [0, 0.1) is 12.8 Å². The zero-order valence-electron chi connectivity index (χ0n) is 43.4. The summed E-state index contributed by atoms with van der Waals surface area (Å²) in [6, 6.07) is 9.76. The summed E-state index contributed by atoms with van der Waals surface area (Å²) in [4.78, 5) is 103. The summed E-state index contributed by atoms with van der Waals surface area (Å²) in [6.45, 7) is 13.0. The number of carbonyl (C=O) groups is 5. The molecule has 9 rings (SSSR count). The number of rotatable bonds is 8. The maximum absolute atomic E-state index is 14.2. The number of benzene rings is 1. The molecule has 26 heteroatoms. The van der Waals surface area contributed by atoms with Gasteiger partial charge in [-0.05, 0) is 30.5 Å². The van der Waals surface area contributed by atoms with Crippen LogP contribution >= 0.6 is 68.0 Å². The molecule has 1 aliphatic heterocycles. The fourth-order valence-corrected chi connectivity index (χ4v) is 13.0. The van der Waals surface area contributed by atoms with Gasteiger partial charge in [0.2, 0.25) is 11.8 Å². The summed E-state index contributed by atoms with van der Waals surface area (Å²) >= 11 is 7.40. The number of nitrogens with zero attached hydrogens (tertiary/aromatic N) is 7. The highest BCUT2D eigenvalue weighted by molar-refractivity contribution is 7.15. The molecule has 0 saturated heterocycles. The Kier molecular flexibility index (Phi) is 19.9. The summed E-state index contributed by atoms with van der Waals surface area (Å²) in [7, 11) is 2.96. The van der Waals surface area contributed by atoms with Gasteiger partial charge in [0, 0.05) is 46.1 Å². The minimum Gasteiger partial charge on any atom is -0.386 e. The van der Waals surface area contributed by atoms with E-state index in [9.17, 15) is 29.1 Å². The molecule has 404 valence electrons. The highest BCUT2D eigenvalue weighted by Gasteiger charge is 2.33. The number of anilines is 1. The van der Waals surface area contributed by atoms with Crippen molar-refractivity contribution in [1.29, 1.82) is 0 Å². The van der Waals surface area contributed by atoms with Crippen molar-refractivity contribution < 1.29 is 33.8 Å². The van der Waals surface area contributed by atoms with Crippen molar-refractivity contribution in [2.45, 2.75) is 85.7 Å². The van der Waals surface area contributed by atoms with Gasteiger partial charge in [0.1, 0.15) is 82.2 Å². The number of carbonyl (C=O) groups excluding carboxylic acids is 5. The van der Waals surface area contributed by atoms with Crippen LogP contribution in [0.5, 0.6) is 0 Å². The van der Waals surface area contributed by atoms with Crippen molar-refractivity contribution in [2.24, 2.45) is 5.92 Å². The fraction of sp³-hybridized carbons (Fsp3) is 0.333. The summed E-state index contributed by atoms with van der Waals surface area (Å²) < 4.78 is 5.44. The van der Waals surface area contributed by atoms with Crippen molar-refractivity contribution >= 4 is 103 Å². The molecule has 8 aromatic rings. The number of aromatic nitrogens is 7. The van der Waals surface area contributed by atoms with E-state index in [1.54, 1.807) is 53.4 Å².